The highest BCUT2D eigenvalue weighted by molar-refractivity contribution is 9.10. The Morgan fingerprint density at radius 2 is 1.79 bits per heavy atom. The van der Waals surface area contributed by atoms with Crippen molar-refractivity contribution in [2.75, 3.05) is 20.3 Å². The number of methoxy groups -OCH3 is 1. The number of unbranched alkanes of at least 4 members (excludes halogenated alkanes) is 1. The summed E-state index contributed by atoms with van der Waals surface area (Å²) in [6, 6.07) is 12.8. The molecule has 1 N–H and O–H groups in total. The Bertz CT molecular complexity index is 931. The van der Waals surface area contributed by atoms with Gasteiger partial charge in [0.2, 0.25) is 5.91 Å². The van der Waals surface area contributed by atoms with Crippen molar-refractivity contribution in [2.45, 2.75) is 65.5 Å². The van der Waals surface area contributed by atoms with E-state index in [9.17, 15) is 9.59 Å². The largest absolute Gasteiger partial charge is 0.497 e. The Balaban J connectivity index is 2.20. The minimum Gasteiger partial charge on any atom is -0.497 e. The molecule has 7 heteroatoms. The molecule has 186 valence electrons. The molecule has 0 spiro atoms. The van der Waals surface area contributed by atoms with Crippen LogP contribution < -0.4 is 14.8 Å². The van der Waals surface area contributed by atoms with Gasteiger partial charge in [0.1, 0.15) is 17.5 Å². The lowest BCUT2D eigenvalue weighted by Crippen LogP contribution is -2.50. The lowest BCUT2D eigenvalue weighted by molar-refractivity contribution is -0.143. The summed E-state index contributed by atoms with van der Waals surface area (Å²) >= 11 is 3.55. The van der Waals surface area contributed by atoms with E-state index in [2.05, 4.69) is 42.0 Å². The Labute approximate surface area is 212 Å². The molecule has 2 rings (SSSR count). The van der Waals surface area contributed by atoms with Crippen molar-refractivity contribution >= 4 is 27.7 Å². The molecule has 34 heavy (non-hydrogen) atoms. The van der Waals surface area contributed by atoms with Gasteiger partial charge in [-0.25, -0.2) is 0 Å². The van der Waals surface area contributed by atoms with Crippen molar-refractivity contribution in [3.63, 3.8) is 0 Å². The van der Waals surface area contributed by atoms with Crippen molar-refractivity contribution in [3.05, 3.63) is 58.1 Å². The van der Waals surface area contributed by atoms with Crippen LogP contribution in [0.5, 0.6) is 11.5 Å². The first-order valence-electron chi connectivity index (χ1n) is 11.9. The fourth-order valence-electron chi connectivity index (χ4n) is 3.57. The second-order valence-electron chi connectivity index (χ2n) is 8.57. The van der Waals surface area contributed by atoms with Crippen LogP contribution in [0.4, 0.5) is 0 Å². The average Bonchev–Trinajstić information content (AvgIpc) is 2.83. The molecular weight excluding hydrogens is 496 g/mol. The first-order chi connectivity index (χ1) is 16.3. The van der Waals surface area contributed by atoms with E-state index in [-0.39, 0.29) is 18.4 Å². The molecule has 2 aromatic carbocycles. The van der Waals surface area contributed by atoms with Crippen molar-refractivity contribution in [1.82, 2.24) is 10.2 Å². The second-order valence-corrected chi connectivity index (χ2v) is 9.43. The topological polar surface area (TPSA) is 67.9 Å². The summed E-state index contributed by atoms with van der Waals surface area (Å²) in [7, 11) is 1.61. The minimum atomic E-state index is -0.582. The molecular formula is C27H37BrN2O4. The summed E-state index contributed by atoms with van der Waals surface area (Å²) in [6.45, 7) is 8.99. The zero-order valence-electron chi connectivity index (χ0n) is 20.9. The van der Waals surface area contributed by atoms with Crippen LogP contribution in [0.25, 0.3) is 0 Å². The molecule has 2 amide bonds. The third-order valence-corrected chi connectivity index (χ3v) is 6.32. The monoisotopic (exact) mass is 532 g/mol. The van der Waals surface area contributed by atoms with Gasteiger partial charge >= 0.3 is 0 Å². The third kappa shape index (κ3) is 8.05. The van der Waals surface area contributed by atoms with Crippen LogP contribution in [-0.2, 0) is 16.1 Å². The van der Waals surface area contributed by atoms with E-state index in [0.717, 1.165) is 28.6 Å². The third-order valence-electron chi connectivity index (χ3n) is 5.70. The van der Waals surface area contributed by atoms with Crippen LogP contribution in [0.15, 0.2) is 46.9 Å². The quantitative estimate of drug-likeness (QED) is 0.337. The molecule has 6 nitrogen and oxygen atoms in total. The molecule has 1 atom stereocenters. The van der Waals surface area contributed by atoms with Gasteiger partial charge in [0, 0.05) is 13.1 Å². The van der Waals surface area contributed by atoms with Gasteiger partial charge in [0.25, 0.3) is 5.91 Å². The average molecular weight is 534 g/mol. The minimum absolute atomic E-state index is 0.139. The highest BCUT2D eigenvalue weighted by Crippen LogP contribution is 2.29. The highest BCUT2D eigenvalue weighted by atomic mass is 79.9. The van der Waals surface area contributed by atoms with Gasteiger partial charge in [-0.05, 0) is 70.1 Å². The van der Waals surface area contributed by atoms with Crippen LogP contribution in [0.2, 0.25) is 0 Å². The molecule has 0 aliphatic carbocycles. The molecule has 0 radical (unpaired) electrons. The van der Waals surface area contributed by atoms with Gasteiger partial charge in [-0.2, -0.15) is 0 Å². The number of amides is 2. The summed E-state index contributed by atoms with van der Waals surface area (Å²) in [6.07, 6.45) is 2.40. The van der Waals surface area contributed by atoms with Gasteiger partial charge in [-0.15, -0.1) is 0 Å². The molecule has 0 bridgehead atoms. The normalized spacial score (nSPS) is 11.7. The van der Waals surface area contributed by atoms with Crippen LogP contribution in [0.1, 0.15) is 64.0 Å². The maximum Gasteiger partial charge on any atom is 0.261 e. The summed E-state index contributed by atoms with van der Waals surface area (Å²) in [5.74, 6) is 1.35. The summed E-state index contributed by atoms with van der Waals surface area (Å²) in [4.78, 5) is 27.9. The SMILES string of the molecule is CCCCNC(=O)[C@H](CC)N(Cc1ccc(OC)cc1)C(=O)COc1ccc(C(C)C)cc1Br. The first-order valence-corrected chi connectivity index (χ1v) is 12.7. The molecule has 2 aromatic rings. The van der Waals surface area contributed by atoms with Crippen molar-refractivity contribution < 1.29 is 19.1 Å². The van der Waals surface area contributed by atoms with Crippen LogP contribution in [0, 0.1) is 0 Å². The molecule has 0 saturated heterocycles. The molecule has 0 aliphatic heterocycles. The number of halogens is 1. The first kappa shape index (κ1) is 27.7. The number of ether oxygens (including phenoxy) is 2. The van der Waals surface area contributed by atoms with Gasteiger partial charge in [-0.3, -0.25) is 9.59 Å². The number of carbonyl (C=O) groups is 2. The summed E-state index contributed by atoms with van der Waals surface area (Å²) in [5, 5.41) is 2.97. The Kier molecular flexibility index (Phi) is 11.4. The van der Waals surface area contributed by atoms with Gasteiger partial charge in [0.15, 0.2) is 6.61 Å². The maximum absolute atomic E-state index is 13.3. The molecule has 0 unspecified atom stereocenters. The standard InChI is InChI=1S/C27H37BrN2O4/c1-6-8-15-29-27(32)24(7-2)30(17-20-9-12-22(33-5)13-10-20)26(31)18-34-25-14-11-21(19(3)4)16-23(25)28/h9-14,16,19,24H,6-8,15,17-18H2,1-5H3,(H,29,32)/t24-/m0/s1. The van der Waals surface area contributed by atoms with Gasteiger partial charge < -0.3 is 19.7 Å². The zero-order chi connectivity index (χ0) is 25.1. The lowest BCUT2D eigenvalue weighted by atomic mass is 10.0. The Morgan fingerprint density at radius 3 is 2.35 bits per heavy atom. The van der Waals surface area contributed by atoms with Crippen LogP contribution >= 0.6 is 15.9 Å². The Hall–Kier alpha value is -2.54. The summed E-state index contributed by atoms with van der Waals surface area (Å²) in [5.41, 5.74) is 2.10. The predicted octanol–water partition coefficient (Wildman–Crippen LogP) is 5.68. The molecule has 0 fully saturated rings. The van der Waals surface area contributed by atoms with E-state index in [4.69, 9.17) is 9.47 Å². The fraction of sp³-hybridized carbons (Fsp3) is 0.481. The molecule has 0 heterocycles. The number of nitrogens with zero attached hydrogens (tertiary/aromatic N) is 1. The summed E-state index contributed by atoms with van der Waals surface area (Å²) < 4.78 is 11.9. The second kappa shape index (κ2) is 14.0. The molecule has 0 aliphatic rings. The maximum atomic E-state index is 13.3. The van der Waals surface area contributed by atoms with E-state index in [1.54, 1.807) is 12.0 Å². The molecule has 0 aromatic heterocycles. The smallest absolute Gasteiger partial charge is 0.261 e. The van der Waals surface area contributed by atoms with Gasteiger partial charge in [0.05, 0.1) is 11.6 Å². The zero-order valence-corrected chi connectivity index (χ0v) is 22.5. The van der Waals surface area contributed by atoms with E-state index in [0.29, 0.717) is 31.2 Å². The fourth-order valence-corrected chi connectivity index (χ4v) is 4.08. The van der Waals surface area contributed by atoms with E-state index in [1.165, 1.54) is 5.56 Å². The van der Waals surface area contributed by atoms with Crippen molar-refractivity contribution in [1.29, 1.82) is 0 Å². The van der Waals surface area contributed by atoms with Crippen LogP contribution in [0.3, 0.4) is 0 Å². The van der Waals surface area contributed by atoms with E-state index < -0.39 is 6.04 Å². The van der Waals surface area contributed by atoms with E-state index >= 15 is 0 Å². The van der Waals surface area contributed by atoms with Crippen LogP contribution in [-0.4, -0.2) is 43.0 Å². The molecule has 0 saturated carbocycles. The number of hydrogen-bond donors (Lipinski definition) is 1. The number of carbonyl (C=O) groups excluding carboxylic acids is 2. The number of rotatable bonds is 13. The van der Waals surface area contributed by atoms with Gasteiger partial charge in [-0.1, -0.05) is 52.3 Å². The highest BCUT2D eigenvalue weighted by Gasteiger charge is 2.29. The predicted molar refractivity (Wildman–Crippen MR) is 139 cm³/mol. The Morgan fingerprint density at radius 1 is 1.09 bits per heavy atom. The number of nitrogens with one attached hydrogen (secondary N) is 1. The van der Waals surface area contributed by atoms with Crippen molar-refractivity contribution in [3.8, 4) is 11.5 Å². The number of hydrogen-bond acceptors (Lipinski definition) is 4. The number of benzene rings is 2. The van der Waals surface area contributed by atoms with Crippen molar-refractivity contribution in [2.24, 2.45) is 0 Å². The van der Waals surface area contributed by atoms with E-state index in [1.807, 2.05) is 49.4 Å². The lowest BCUT2D eigenvalue weighted by Gasteiger charge is -2.30.